The fourth-order valence-electron chi connectivity index (χ4n) is 4.31. The van der Waals surface area contributed by atoms with Crippen molar-refractivity contribution in [3.63, 3.8) is 0 Å². The molecule has 5 rings (SSSR count). The van der Waals surface area contributed by atoms with Crippen LogP contribution in [0.2, 0.25) is 0 Å². The summed E-state index contributed by atoms with van der Waals surface area (Å²) >= 11 is 1.67. The number of amides is 1. The number of aromatic nitrogens is 2. The molecule has 1 aromatic carbocycles. The highest BCUT2D eigenvalue weighted by atomic mass is 32.1. The largest absolute Gasteiger partial charge is 0.495 e. The van der Waals surface area contributed by atoms with Gasteiger partial charge in [0.25, 0.3) is 0 Å². The number of nitrogens with one attached hydrogen (secondary N) is 1. The lowest BCUT2D eigenvalue weighted by molar-refractivity contribution is -0.133. The average Bonchev–Trinajstić information content (AvgIpc) is 3.35. The predicted octanol–water partition coefficient (Wildman–Crippen LogP) is 3.57. The molecular formula is C22H23N5O2S. The van der Waals surface area contributed by atoms with Crippen molar-refractivity contribution < 1.29 is 9.53 Å². The van der Waals surface area contributed by atoms with Crippen LogP contribution in [0.1, 0.15) is 28.0 Å². The maximum absolute atomic E-state index is 12.5. The third kappa shape index (κ3) is 3.11. The van der Waals surface area contributed by atoms with Gasteiger partial charge in [-0.05, 0) is 48.1 Å². The normalized spacial score (nSPS) is 17.0. The molecule has 0 radical (unpaired) electrons. The van der Waals surface area contributed by atoms with Crippen molar-refractivity contribution in [2.24, 2.45) is 10.9 Å². The van der Waals surface area contributed by atoms with Gasteiger partial charge in [-0.3, -0.25) is 9.79 Å². The van der Waals surface area contributed by atoms with Gasteiger partial charge in [0.15, 0.2) is 0 Å². The molecule has 154 valence electrons. The smallest absolute Gasteiger partial charge is 0.225 e. The van der Waals surface area contributed by atoms with Crippen LogP contribution in [0, 0.1) is 5.92 Å². The topological polar surface area (TPSA) is 79.7 Å². The third-order valence-electron chi connectivity index (χ3n) is 5.84. The van der Waals surface area contributed by atoms with Crippen LogP contribution in [0.5, 0.6) is 5.75 Å². The second-order valence-electron chi connectivity index (χ2n) is 7.92. The van der Waals surface area contributed by atoms with Crippen LogP contribution < -0.4 is 10.1 Å². The number of benzene rings is 1. The van der Waals surface area contributed by atoms with Crippen molar-refractivity contribution in [1.29, 1.82) is 0 Å². The molecule has 7 nitrogen and oxygen atoms in total. The Morgan fingerprint density at radius 1 is 1.30 bits per heavy atom. The first-order valence-corrected chi connectivity index (χ1v) is 10.8. The first-order valence-electron chi connectivity index (χ1n) is 9.99. The quantitative estimate of drug-likeness (QED) is 0.697. The average molecular weight is 422 g/mol. The molecule has 1 aliphatic carbocycles. The molecule has 0 bridgehead atoms. The van der Waals surface area contributed by atoms with Crippen LogP contribution in [-0.2, 0) is 24.2 Å². The molecular weight excluding hydrogens is 398 g/mol. The predicted molar refractivity (Wildman–Crippen MR) is 119 cm³/mol. The monoisotopic (exact) mass is 421 g/mol. The van der Waals surface area contributed by atoms with Gasteiger partial charge < -0.3 is 15.0 Å². The Morgan fingerprint density at radius 3 is 2.97 bits per heavy atom. The van der Waals surface area contributed by atoms with Gasteiger partial charge in [0.1, 0.15) is 22.7 Å². The molecule has 0 fully saturated rings. The number of thiophene rings is 1. The van der Waals surface area contributed by atoms with Crippen LogP contribution >= 0.6 is 11.3 Å². The summed E-state index contributed by atoms with van der Waals surface area (Å²) in [5.41, 5.74) is 4.39. The summed E-state index contributed by atoms with van der Waals surface area (Å²) in [5.74, 6) is 1.79. The van der Waals surface area contributed by atoms with Gasteiger partial charge in [0.05, 0.1) is 24.7 Å². The number of hydrogen-bond donors (Lipinski definition) is 1. The molecule has 1 atom stereocenters. The Labute approximate surface area is 178 Å². The fraction of sp³-hybridized carbons (Fsp3) is 0.364. The number of aryl methyl sites for hydroxylation is 1. The molecule has 0 unspecified atom stereocenters. The van der Waals surface area contributed by atoms with Crippen LogP contribution in [0.3, 0.4) is 0 Å². The second-order valence-corrected chi connectivity index (χ2v) is 9.01. The molecule has 0 saturated carbocycles. The zero-order valence-corrected chi connectivity index (χ0v) is 18.0. The maximum Gasteiger partial charge on any atom is 0.225 e. The molecule has 3 heterocycles. The summed E-state index contributed by atoms with van der Waals surface area (Å²) in [7, 11) is 5.32. The molecule has 2 aliphatic rings. The molecule has 0 spiro atoms. The van der Waals surface area contributed by atoms with Gasteiger partial charge in [-0.2, -0.15) is 0 Å². The lowest BCUT2D eigenvalue weighted by Crippen LogP contribution is -2.32. The minimum atomic E-state index is 0.0426. The number of carbonyl (C=O) groups is 1. The molecule has 0 saturated heterocycles. The van der Waals surface area contributed by atoms with E-state index in [0.717, 1.165) is 57.9 Å². The van der Waals surface area contributed by atoms with E-state index < -0.39 is 0 Å². The maximum atomic E-state index is 12.5. The molecule has 1 N–H and O–H groups in total. The van der Waals surface area contributed by atoms with E-state index in [1.54, 1.807) is 29.7 Å². The zero-order chi connectivity index (χ0) is 20.8. The van der Waals surface area contributed by atoms with Gasteiger partial charge in [-0.1, -0.05) is 0 Å². The minimum Gasteiger partial charge on any atom is -0.495 e. The summed E-state index contributed by atoms with van der Waals surface area (Å²) in [6, 6.07) is 4.09. The lowest BCUT2D eigenvalue weighted by Gasteiger charge is -2.24. The molecule has 1 aliphatic heterocycles. The van der Waals surface area contributed by atoms with Gasteiger partial charge in [0, 0.05) is 31.1 Å². The fourth-order valence-corrected chi connectivity index (χ4v) is 5.58. The second kappa shape index (κ2) is 7.36. The Balaban J connectivity index is 1.53. The molecule has 8 heteroatoms. The lowest BCUT2D eigenvalue weighted by atomic mass is 9.87. The summed E-state index contributed by atoms with van der Waals surface area (Å²) in [6.45, 7) is 0.689. The Morgan fingerprint density at radius 2 is 2.17 bits per heavy atom. The van der Waals surface area contributed by atoms with E-state index >= 15 is 0 Å². The van der Waals surface area contributed by atoms with Crippen LogP contribution in [0.15, 0.2) is 23.5 Å². The highest BCUT2D eigenvalue weighted by Gasteiger charge is 2.30. The van der Waals surface area contributed by atoms with Crippen molar-refractivity contribution in [3.8, 4) is 5.75 Å². The van der Waals surface area contributed by atoms with E-state index in [4.69, 9.17) is 4.74 Å². The highest BCUT2D eigenvalue weighted by molar-refractivity contribution is 7.19. The molecule has 3 aromatic rings. The first kappa shape index (κ1) is 19.0. The number of fused-ring (bicyclic) bond motifs is 4. The number of ether oxygens (including phenoxy) is 1. The zero-order valence-electron chi connectivity index (χ0n) is 17.2. The van der Waals surface area contributed by atoms with Crippen molar-refractivity contribution in [1.82, 2.24) is 14.9 Å². The Hall–Kier alpha value is -3.00. The highest BCUT2D eigenvalue weighted by Crippen LogP contribution is 2.41. The van der Waals surface area contributed by atoms with E-state index in [0.29, 0.717) is 6.54 Å². The molecule has 2 aromatic heterocycles. The number of anilines is 2. The number of carbonyl (C=O) groups excluding carboxylic acids is 1. The standard InChI is InChI=1S/C22H23N5O2S/c1-27(2)22(28)12-4-5-15-18(8-12)30-21-19(15)20(24-11-25-21)26-16-6-13-9-23-10-14(13)7-17(16)29-3/h6-7,9,11-12H,4-5,8,10H2,1-3H3,(H,24,25,26)/t12-/m0/s1. The van der Waals surface area contributed by atoms with E-state index in [9.17, 15) is 4.79 Å². The van der Waals surface area contributed by atoms with Crippen LogP contribution in [0.25, 0.3) is 10.2 Å². The van der Waals surface area contributed by atoms with E-state index in [2.05, 4.69) is 26.3 Å². The number of nitrogens with zero attached hydrogens (tertiary/aromatic N) is 4. The summed E-state index contributed by atoms with van der Waals surface area (Å²) in [5, 5.41) is 4.54. The van der Waals surface area contributed by atoms with Gasteiger partial charge in [-0.15, -0.1) is 11.3 Å². The third-order valence-corrected chi connectivity index (χ3v) is 7.00. The van der Waals surface area contributed by atoms with Crippen molar-refractivity contribution in [3.05, 3.63) is 40.0 Å². The van der Waals surface area contributed by atoms with Gasteiger partial charge in [0.2, 0.25) is 5.91 Å². The van der Waals surface area contributed by atoms with Gasteiger partial charge >= 0.3 is 0 Å². The van der Waals surface area contributed by atoms with E-state index in [1.165, 1.54) is 10.4 Å². The van der Waals surface area contributed by atoms with Gasteiger partial charge in [-0.25, -0.2) is 9.97 Å². The number of aliphatic imine (C=N–C) groups is 1. The number of rotatable bonds is 4. The Bertz CT molecular complexity index is 1180. The van der Waals surface area contributed by atoms with Crippen molar-refractivity contribution >= 4 is 45.2 Å². The van der Waals surface area contributed by atoms with E-state index in [-0.39, 0.29) is 11.8 Å². The molecule has 30 heavy (non-hydrogen) atoms. The van der Waals surface area contributed by atoms with E-state index in [1.807, 2.05) is 26.4 Å². The SMILES string of the molecule is COc1cc2c(cc1Nc1ncnc3sc4c(c13)CC[C@H](C(=O)N(C)C)C4)C=NC2. The summed E-state index contributed by atoms with van der Waals surface area (Å²) in [4.78, 5) is 29.8. The molecule has 1 amide bonds. The Kier molecular flexibility index (Phi) is 4.66. The summed E-state index contributed by atoms with van der Waals surface area (Å²) in [6.07, 6.45) is 5.96. The summed E-state index contributed by atoms with van der Waals surface area (Å²) < 4.78 is 5.61. The number of hydrogen-bond acceptors (Lipinski definition) is 7. The first-order chi connectivity index (χ1) is 14.5. The minimum absolute atomic E-state index is 0.0426. The van der Waals surface area contributed by atoms with Crippen molar-refractivity contribution in [2.75, 3.05) is 26.5 Å². The van der Waals surface area contributed by atoms with Crippen LogP contribution in [0.4, 0.5) is 11.5 Å². The number of methoxy groups -OCH3 is 1. The van der Waals surface area contributed by atoms with Crippen molar-refractivity contribution in [2.45, 2.75) is 25.8 Å². The van der Waals surface area contributed by atoms with Crippen LogP contribution in [-0.4, -0.2) is 48.2 Å².